The first-order valence-electron chi connectivity index (χ1n) is 7.11. The molecule has 19 heavy (non-hydrogen) atoms. The topological polar surface area (TPSA) is 53.1 Å². The molecule has 3 heteroatoms. The molecule has 1 aliphatic carbocycles. The lowest BCUT2D eigenvalue weighted by atomic mass is 9.99. The van der Waals surface area contributed by atoms with E-state index in [1.807, 2.05) is 0 Å². The fraction of sp³-hybridized carbons (Fsp3) is 0.562. The Balaban J connectivity index is 2.10. The Morgan fingerprint density at radius 2 is 1.84 bits per heavy atom. The van der Waals surface area contributed by atoms with E-state index in [2.05, 4.69) is 37.8 Å². The lowest BCUT2D eigenvalue weighted by molar-refractivity contribution is 0.261. The van der Waals surface area contributed by atoms with Crippen LogP contribution in [-0.4, -0.2) is 23.3 Å². The Morgan fingerprint density at radius 1 is 1.26 bits per heavy atom. The minimum absolute atomic E-state index is 0.294. The summed E-state index contributed by atoms with van der Waals surface area (Å²) >= 11 is 0. The minimum Gasteiger partial charge on any atom is -0.388 e. The molecule has 1 saturated carbocycles. The van der Waals surface area contributed by atoms with E-state index >= 15 is 0 Å². The first-order valence-corrected chi connectivity index (χ1v) is 7.11. The van der Waals surface area contributed by atoms with Crippen LogP contribution in [0.1, 0.15) is 41.5 Å². The largest absolute Gasteiger partial charge is 0.388 e. The zero-order chi connectivity index (χ0) is 14.0. The van der Waals surface area contributed by atoms with Gasteiger partial charge in [-0.25, -0.2) is 0 Å². The molecule has 0 amide bonds. The molecule has 1 aliphatic rings. The van der Waals surface area contributed by atoms with Gasteiger partial charge in [-0.15, -0.1) is 0 Å². The van der Waals surface area contributed by atoms with Crippen molar-refractivity contribution < 1.29 is 0 Å². The molecule has 0 spiro atoms. The second kappa shape index (κ2) is 5.74. The number of rotatable bonds is 6. The summed E-state index contributed by atoms with van der Waals surface area (Å²) in [6.07, 6.45) is 3.27. The average Bonchev–Trinajstić information content (AvgIpc) is 3.10. The van der Waals surface area contributed by atoms with Gasteiger partial charge in [0.15, 0.2) is 0 Å². The van der Waals surface area contributed by atoms with Gasteiger partial charge in [-0.05, 0) is 50.3 Å². The first kappa shape index (κ1) is 14.1. The monoisotopic (exact) mass is 259 g/mol. The molecule has 1 aromatic carbocycles. The highest BCUT2D eigenvalue weighted by Crippen LogP contribution is 2.30. The van der Waals surface area contributed by atoms with Crippen LogP contribution in [0.3, 0.4) is 0 Å². The third kappa shape index (κ3) is 3.80. The normalized spacial score (nSPS) is 14.9. The summed E-state index contributed by atoms with van der Waals surface area (Å²) in [5.74, 6) is 0.294. The van der Waals surface area contributed by atoms with Gasteiger partial charge in [-0.2, -0.15) is 0 Å². The van der Waals surface area contributed by atoms with Crippen molar-refractivity contribution in [3.8, 4) is 0 Å². The van der Waals surface area contributed by atoms with Gasteiger partial charge in [0.05, 0.1) is 5.84 Å². The molecule has 0 bridgehead atoms. The van der Waals surface area contributed by atoms with E-state index in [1.165, 1.54) is 35.1 Å². The van der Waals surface area contributed by atoms with Crippen LogP contribution in [0.25, 0.3) is 0 Å². The van der Waals surface area contributed by atoms with Crippen molar-refractivity contribution in [3.05, 3.63) is 34.4 Å². The summed E-state index contributed by atoms with van der Waals surface area (Å²) < 4.78 is 0. The van der Waals surface area contributed by atoms with Gasteiger partial charge >= 0.3 is 0 Å². The fourth-order valence-electron chi connectivity index (χ4n) is 2.76. The van der Waals surface area contributed by atoms with Gasteiger partial charge in [-0.1, -0.05) is 17.7 Å². The molecule has 1 fully saturated rings. The zero-order valence-corrected chi connectivity index (χ0v) is 12.3. The van der Waals surface area contributed by atoms with Crippen LogP contribution < -0.4 is 5.73 Å². The first-order chi connectivity index (χ1) is 8.97. The average molecular weight is 259 g/mol. The molecular weight excluding hydrogens is 234 g/mol. The highest BCUT2D eigenvalue weighted by molar-refractivity contribution is 5.76. The molecule has 104 valence electrons. The van der Waals surface area contributed by atoms with Crippen LogP contribution in [0.5, 0.6) is 0 Å². The number of amidine groups is 1. The predicted octanol–water partition coefficient (Wildman–Crippen LogP) is 2.90. The van der Waals surface area contributed by atoms with Gasteiger partial charge in [0.1, 0.15) is 0 Å². The van der Waals surface area contributed by atoms with E-state index in [0.29, 0.717) is 18.3 Å². The molecule has 0 saturated heterocycles. The third-order valence-electron chi connectivity index (χ3n) is 3.93. The number of benzene rings is 1. The van der Waals surface area contributed by atoms with Crippen LogP contribution in [0.4, 0.5) is 0 Å². The Kier molecular flexibility index (Phi) is 4.25. The number of nitrogens with zero attached hydrogens (tertiary/aromatic N) is 1. The minimum atomic E-state index is 0.294. The molecule has 0 radical (unpaired) electrons. The quantitative estimate of drug-likeness (QED) is 0.609. The molecular formula is C16H25N3. The molecule has 2 rings (SSSR count). The Bertz CT molecular complexity index is 452. The molecule has 0 atom stereocenters. The Morgan fingerprint density at radius 3 is 2.32 bits per heavy atom. The van der Waals surface area contributed by atoms with Crippen LogP contribution >= 0.6 is 0 Å². The number of hydrogen-bond acceptors (Lipinski definition) is 2. The second-order valence-electron chi connectivity index (χ2n) is 5.85. The van der Waals surface area contributed by atoms with Gasteiger partial charge in [0.25, 0.3) is 0 Å². The maximum atomic E-state index is 7.39. The number of nitrogens with one attached hydrogen (secondary N) is 1. The molecule has 1 aromatic rings. The van der Waals surface area contributed by atoms with E-state index in [0.717, 1.165) is 13.1 Å². The molecule has 0 heterocycles. The van der Waals surface area contributed by atoms with Crippen molar-refractivity contribution in [1.29, 1.82) is 5.41 Å². The number of nitrogens with two attached hydrogens (primary N) is 1. The van der Waals surface area contributed by atoms with Crippen molar-refractivity contribution in [2.45, 2.75) is 52.6 Å². The summed E-state index contributed by atoms with van der Waals surface area (Å²) in [5.41, 5.74) is 11.0. The van der Waals surface area contributed by atoms with E-state index in [-0.39, 0.29) is 0 Å². The van der Waals surface area contributed by atoms with E-state index in [1.54, 1.807) is 0 Å². The highest BCUT2D eigenvalue weighted by Gasteiger charge is 2.29. The highest BCUT2D eigenvalue weighted by atomic mass is 15.2. The summed E-state index contributed by atoms with van der Waals surface area (Å²) in [5, 5.41) is 7.39. The number of hydrogen-bond donors (Lipinski definition) is 2. The van der Waals surface area contributed by atoms with Crippen LogP contribution in [-0.2, 0) is 6.54 Å². The molecule has 3 N–H and O–H groups in total. The lowest BCUT2D eigenvalue weighted by Gasteiger charge is -2.24. The summed E-state index contributed by atoms with van der Waals surface area (Å²) in [4.78, 5) is 2.49. The summed E-state index contributed by atoms with van der Waals surface area (Å²) in [7, 11) is 0. The van der Waals surface area contributed by atoms with Gasteiger partial charge in [-0.3, -0.25) is 10.3 Å². The Hall–Kier alpha value is -1.35. The van der Waals surface area contributed by atoms with Crippen molar-refractivity contribution in [3.63, 3.8) is 0 Å². The van der Waals surface area contributed by atoms with E-state index < -0.39 is 0 Å². The predicted molar refractivity (Wildman–Crippen MR) is 80.6 cm³/mol. The maximum absolute atomic E-state index is 7.39. The van der Waals surface area contributed by atoms with Crippen LogP contribution in [0.2, 0.25) is 0 Å². The third-order valence-corrected chi connectivity index (χ3v) is 3.93. The smallest absolute Gasteiger partial charge is 0.0918 e. The van der Waals surface area contributed by atoms with Crippen molar-refractivity contribution >= 4 is 5.84 Å². The lowest BCUT2D eigenvalue weighted by Crippen LogP contribution is -2.30. The van der Waals surface area contributed by atoms with Crippen molar-refractivity contribution in [2.24, 2.45) is 5.73 Å². The summed E-state index contributed by atoms with van der Waals surface area (Å²) in [6.45, 7) is 8.46. The fourth-order valence-corrected chi connectivity index (χ4v) is 2.76. The second-order valence-corrected chi connectivity index (χ2v) is 5.85. The molecule has 0 aliphatic heterocycles. The molecule has 0 unspecified atom stereocenters. The van der Waals surface area contributed by atoms with E-state index in [4.69, 9.17) is 11.1 Å². The van der Waals surface area contributed by atoms with Gasteiger partial charge in [0, 0.05) is 25.6 Å². The van der Waals surface area contributed by atoms with Crippen molar-refractivity contribution in [2.75, 3.05) is 6.54 Å². The molecule has 3 nitrogen and oxygen atoms in total. The SMILES string of the molecule is Cc1cc(C)c(CN(CCC(=N)N)C2CC2)c(C)c1. The summed E-state index contributed by atoms with van der Waals surface area (Å²) in [6, 6.07) is 5.23. The van der Waals surface area contributed by atoms with Crippen LogP contribution in [0.15, 0.2) is 12.1 Å². The standard InChI is InChI=1S/C16H25N3/c1-11-8-12(2)15(13(3)9-11)10-19(14-4-5-14)7-6-16(17)18/h8-9,14H,4-7,10H2,1-3H3,(H3,17,18). The Labute approximate surface area is 116 Å². The zero-order valence-electron chi connectivity index (χ0n) is 12.3. The van der Waals surface area contributed by atoms with Crippen LogP contribution in [0, 0.1) is 26.2 Å². The van der Waals surface area contributed by atoms with Gasteiger partial charge in [0.2, 0.25) is 0 Å². The maximum Gasteiger partial charge on any atom is 0.0918 e. The van der Waals surface area contributed by atoms with E-state index in [9.17, 15) is 0 Å². The molecule has 0 aromatic heterocycles. The van der Waals surface area contributed by atoms with Gasteiger partial charge < -0.3 is 5.73 Å². The van der Waals surface area contributed by atoms with Crippen molar-refractivity contribution in [1.82, 2.24) is 4.90 Å². The number of aryl methyl sites for hydroxylation is 3.